The summed E-state index contributed by atoms with van der Waals surface area (Å²) in [5, 5.41) is 15.1. The van der Waals surface area contributed by atoms with Crippen LogP contribution in [-0.4, -0.2) is 25.0 Å². The number of alkyl halides is 3. The average Bonchev–Trinajstić information content (AvgIpc) is 2.66. The van der Waals surface area contributed by atoms with E-state index < -0.39 is 11.7 Å². The van der Waals surface area contributed by atoms with Gasteiger partial charge in [0.15, 0.2) is 23.2 Å². The normalized spacial score (nSPS) is 11.0. The molecule has 2 N–H and O–H groups in total. The number of anilines is 1. The van der Waals surface area contributed by atoms with Gasteiger partial charge in [0.1, 0.15) is 6.07 Å². The molecule has 0 radical (unpaired) electrons. The number of ether oxygens (including phenoxy) is 2. The van der Waals surface area contributed by atoms with Crippen molar-refractivity contribution in [1.29, 1.82) is 5.26 Å². The first kappa shape index (κ1) is 21.0. The molecule has 0 atom stereocenters. The Labute approximate surface area is 164 Å². The third-order valence-corrected chi connectivity index (χ3v) is 3.50. The molecule has 2 rings (SSSR count). The highest BCUT2D eigenvalue weighted by atomic mass is 32.1. The lowest BCUT2D eigenvalue weighted by Crippen LogP contribution is -2.24. The van der Waals surface area contributed by atoms with E-state index in [2.05, 4.69) is 15.8 Å². The Balaban J connectivity index is 1.97. The lowest BCUT2D eigenvalue weighted by molar-refractivity contribution is -0.137. The van der Waals surface area contributed by atoms with Gasteiger partial charge in [-0.1, -0.05) is 6.07 Å². The molecule has 0 aliphatic carbocycles. The third-order valence-electron chi connectivity index (χ3n) is 3.31. The first-order valence-electron chi connectivity index (χ1n) is 7.78. The second kappa shape index (κ2) is 9.57. The van der Waals surface area contributed by atoms with Crippen LogP contribution in [0.2, 0.25) is 0 Å². The molecule has 0 spiro atoms. The molecule has 6 nitrogen and oxygen atoms in total. The molecule has 0 saturated heterocycles. The molecule has 0 heterocycles. The van der Waals surface area contributed by atoms with Crippen LogP contribution in [0.3, 0.4) is 0 Å². The van der Waals surface area contributed by atoms with E-state index in [0.29, 0.717) is 17.1 Å². The summed E-state index contributed by atoms with van der Waals surface area (Å²) < 4.78 is 48.6. The highest BCUT2D eigenvalue weighted by molar-refractivity contribution is 7.80. The van der Waals surface area contributed by atoms with Crippen LogP contribution >= 0.6 is 12.2 Å². The predicted octanol–water partition coefficient (Wildman–Crippen LogP) is 3.94. The largest absolute Gasteiger partial charge is 0.493 e. The second-order valence-corrected chi connectivity index (χ2v) is 5.67. The molecule has 10 heteroatoms. The van der Waals surface area contributed by atoms with Crippen LogP contribution in [0, 0.1) is 11.3 Å². The van der Waals surface area contributed by atoms with Gasteiger partial charge >= 0.3 is 6.18 Å². The molecule has 0 aliphatic rings. The van der Waals surface area contributed by atoms with Crippen LogP contribution < -0.4 is 20.2 Å². The topological polar surface area (TPSA) is 78.7 Å². The zero-order valence-electron chi connectivity index (χ0n) is 14.6. The Morgan fingerprint density at radius 3 is 2.71 bits per heavy atom. The number of nitrogens with one attached hydrogen (secondary N) is 2. The van der Waals surface area contributed by atoms with Gasteiger partial charge < -0.3 is 14.8 Å². The van der Waals surface area contributed by atoms with Crippen molar-refractivity contribution in [2.24, 2.45) is 5.10 Å². The summed E-state index contributed by atoms with van der Waals surface area (Å²) in [4.78, 5) is 0. The number of methoxy groups -OCH3 is 1. The van der Waals surface area contributed by atoms with Crippen molar-refractivity contribution in [2.45, 2.75) is 6.18 Å². The first-order chi connectivity index (χ1) is 13.3. The molecule has 146 valence electrons. The monoisotopic (exact) mass is 408 g/mol. The zero-order valence-corrected chi connectivity index (χ0v) is 15.4. The van der Waals surface area contributed by atoms with Crippen molar-refractivity contribution in [3.8, 4) is 17.6 Å². The summed E-state index contributed by atoms with van der Waals surface area (Å²) in [5.74, 6) is 0.833. The third kappa shape index (κ3) is 6.14. The van der Waals surface area contributed by atoms with Crippen LogP contribution in [0.15, 0.2) is 47.6 Å². The van der Waals surface area contributed by atoms with Gasteiger partial charge in [0.25, 0.3) is 0 Å². The highest BCUT2D eigenvalue weighted by Crippen LogP contribution is 2.30. The summed E-state index contributed by atoms with van der Waals surface area (Å²) in [5.41, 5.74) is 2.57. The number of hydrogen-bond acceptors (Lipinski definition) is 5. The van der Waals surface area contributed by atoms with Crippen LogP contribution in [0.5, 0.6) is 11.5 Å². The fourth-order valence-electron chi connectivity index (χ4n) is 2.09. The van der Waals surface area contributed by atoms with E-state index in [1.165, 1.54) is 25.5 Å². The first-order valence-corrected chi connectivity index (χ1v) is 8.19. The van der Waals surface area contributed by atoms with Gasteiger partial charge in [0.2, 0.25) is 0 Å². The van der Waals surface area contributed by atoms with Crippen LogP contribution in [0.4, 0.5) is 18.9 Å². The summed E-state index contributed by atoms with van der Waals surface area (Å²) >= 11 is 5.01. The van der Waals surface area contributed by atoms with Crippen molar-refractivity contribution in [3.63, 3.8) is 0 Å². The van der Waals surface area contributed by atoms with Crippen molar-refractivity contribution in [2.75, 3.05) is 19.0 Å². The van der Waals surface area contributed by atoms with E-state index >= 15 is 0 Å². The summed E-state index contributed by atoms with van der Waals surface area (Å²) in [7, 11) is 1.46. The maximum atomic E-state index is 12.7. The lowest BCUT2D eigenvalue weighted by Gasteiger charge is -2.11. The number of nitriles is 1. The molecule has 0 bridgehead atoms. The Morgan fingerprint density at radius 2 is 2.04 bits per heavy atom. The minimum absolute atomic E-state index is 0.0245. The van der Waals surface area contributed by atoms with Gasteiger partial charge in [0, 0.05) is 5.69 Å². The fourth-order valence-corrected chi connectivity index (χ4v) is 2.26. The number of rotatable bonds is 6. The molecule has 0 amide bonds. The van der Waals surface area contributed by atoms with Gasteiger partial charge in [-0.2, -0.15) is 23.5 Å². The maximum absolute atomic E-state index is 12.7. The Bertz CT molecular complexity index is 910. The molecule has 0 aliphatic heterocycles. The predicted molar refractivity (Wildman–Crippen MR) is 102 cm³/mol. The molecule has 0 fully saturated rings. The molecule has 0 unspecified atom stereocenters. The quantitative estimate of drug-likeness (QED) is 0.428. The van der Waals surface area contributed by atoms with E-state index in [1.54, 1.807) is 18.2 Å². The number of benzene rings is 2. The Morgan fingerprint density at radius 1 is 1.25 bits per heavy atom. The maximum Gasteiger partial charge on any atom is 0.416 e. The van der Waals surface area contributed by atoms with E-state index in [-0.39, 0.29) is 17.4 Å². The zero-order chi connectivity index (χ0) is 20.6. The van der Waals surface area contributed by atoms with E-state index in [0.717, 1.165) is 12.1 Å². The number of nitrogens with zero attached hydrogens (tertiary/aromatic N) is 2. The van der Waals surface area contributed by atoms with Gasteiger partial charge in [-0.15, -0.1) is 0 Å². The molecule has 0 aromatic heterocycles. The van der Waals surface area contributed by atoms with Crippen molar-refractivity contribution < 1.29 is 22.6 Å². The fraction of sp³-hybridized carbons (Fsp3) is 0.167. The van der Waals surface area contributed by atoms with Crippen LogP contribution in [0.25, 0.3) is 0 Å². The van der Waals surface area contributed by atoms with Gasteiger partial charge in [-0.25, -0.2) is 0 Å². The molecular formula is C18H15F3N4O2S. The number of hydrogen-bond donors (Lipinski definition) is 2. The second-order valence-electron chi connectivity index (χ2n) is 5.26. The lowest BCUT2D eigenvalue weighted by atomic mass is 10.2. The van der Waals surface area contributed by atoms with Crippen molar-refractivity contribution in [3.05, 3.63) is 53.6 Å². The standard InChI is InChI=1S/C18H15F3N4O2S/c1-26-16-9-12(5-6-15(16)27-8-7-22)11-23-25-17(28)24-14-4-2-3-13(10-14)18(19,20)21/h2-6,9-11H,8H2,1H3,(H2,24,25,28)/b23-11-. The molecule has 28 heavy (non-hydrogen) atoms. The minimum atomic E-state index is -4.44. The summed E-state index contributed by atoms with van der Waals surface area (Å²) in [6.07, 6.45) is -3.00. The summed E-state index contributed by atoms with van der Waals surface area (Å²) in [6, 6.07) is 11.5. The van der Waals surface area contributed by atoms with Crippen LogP contribution in [-0.2, 0) is 6.18 Å². The molecular weight excluding hydrogens is 393 g/mol. The van der Waals surface area contributed by atoms with E-state index in [9.17, 15) is 13.2 Å². The number of hydrazone groups is 1. The average molecular weight is 408 g/mol. The van der Waals surface area contributed by atoms with E-state index in [1.807, 2.05) is 6.07 Å². The number of halogens is 3. The smallest absolute Gasteiger partial charge is 0.416 e. The van der Waals surface area contributed by atoms with Crippen molar-refractivity contribution >= 4 is 29.2 Å². The van der Waals surface area contributed by atoms with Gasteiger partial charge in [-0.3, -0.25) is 5.43 Å². The van der Waals surface area contributed by atoms with Crippen molar-refractivity contribution in [1.82, 2.24) is 5.43 Å². The SMILES string of the molecule is COc1cc(/C=N\NC(=S)Nc2cccc(C(F)(F)F)c2)ccc1OCC#N. The van der Waals surface area contributed by atoms with E-state index in [4.69, 9.17) is 27.0 Å². The summed E-state index contributed by atoms with van der Waals surface area (Å²) in [6.45, 7) is -0.110. The Kier molecular flexibility index (Phi) is 7.17. The molecule has 0 saturated carbocycles. The van der Waals surface area contributed by atoms with Gasteiger partial charge in [-0.05, 0) is 54.2 Å². The number of thiocarbonyl (C=S) groups is 1. The highest BCUT2D eigenvalue weighted by Gasteiger charge is 2.30. The molecule has 2 aromatic rings. The van der Waals surface area contributed by atoms with Crippen LogP contribution in [0.1, 0.15) is 11.1 Å². The van der Waals surface area contributed by atoms with Gasteiger partial charge in [0.05, 0.1) is 18.9 Å². The minimum Gasteiger partial charge on any atom is -0.493 e. The molecule has 2 aromatic carbocycles. The Hall–Kier alpha value is -3.32.